The monoisotopic (exact) mass is 239 g/mol. The third-order valence-corrected chi connectivity index (χ3v) is 3.01. The van der Waals surface area contributed by atoms with Crippen LogP contribution in [0.5, 0.6) is 5.75 Å². The van der Waals surface area contributed by atoms with Gasteiger partial charge in [-0.3, -0.25) is 4.98 Å². The highest BCUT2D eigenvalue weighted by Crippen LogP contribution is 2.32. The van der Waals surface area contributed by atoms with Crippen LogP contribution in [0.4, 0.5) is 5.69 Å². The normalized spacial score (nSPS) is 10.9. The van der Waals surface area contributed by atoms with Gasteiger partial charge in [0.15, 0.2) is 0 Å². The lowest BCUT2D eigenvalue weighted by atomic mass is 10.1. The van der Waals surface area contributed by atoms with Gasteiger partial charge in [0, 0.05) is 28.2 Å². The number of pyridine rings is 1. The van der Waals surface area contributed by atoms with Crippen LogP contribution in [-0.2, 0) is 0 Å². The van der Waals surface area contributed by atoms with Crippen LogP contribution in [0.1, 0.15) is 5.69 Å². The molecule has 3 aromatic rings. The number of benzene rings is 1. The average molecular weight is 239 g/mol. The summed E-state index contributed by atoms with van der Waals surface area (Å²) in [6, 6.07) is 9.01. The predicted molar refractivity (Wildman–Crippen MR) is 72.3 cm³/mol. The van der Waals surface area contributed by atoms with Gasteiger partial charge >= 0.3 is 0 Å². The molecule has 4 heteroatoms. The standard InChI is InChI=1S/C14H13N3O/c1-8-14(12-5-2-9(15)7-16-12)11-4-3-10(18)6-13(11)17-8/h2-7,17-18H,15H2,1H3. The van der Waals surface area contributed by atoms with Crippen LogP contribution in [0, 0.1) is 6.92 Å². The average Bonchev–Trinajstić information content (AvgIpc) is 2.65. The minimum atomic E-state index is 0.251. The Morgan fingerprint density at radius 3 is 2.78 bits per heavy atom. The molecular formula is C14H13N3O. The maximum absolute atomic E-state index is 9.49. The molecular weight excluding hydrogens is 226 g/mol. The van der Waals surface area contributed by atoms with Crippen molar-refractivity contribution in [3.63, 3.8) is 0 Å². The van der Waals surface area contributed by atoms with Gasteiger partial charge in [-0.2, -0.15) is 0 Å². The van der Waals surface area contributed by atoms with Crippen LogP contribution in [0.3, 0.4) is 0 Å². The number of H-pyrrole nitrogens is 1. The van der Waals surface area contributed by atoms with Crippen molar-refractivity contribution in [1.82, 2.24) is 9.97 Å². The van der Waals surface area contributed by atoms with E-state index in [2.05, 4.69) is 9.97 Å². The van der Waals surface area contributed by atoms with Crippen molar-refractivity contribution in [2.45, 2.75) is 6.92 Å². The van der Waals surface area contributed by atoms with Gasteiger partial charge in [0.05, 0.1) is 17.6 Å². The molecule has 0 bridgehead atoms. The quantitative estimate of drug-likeness (QED) is 0.611. The van der Waals surface area contributed by atoms with Crippen LogP contribution < -0.4 is 5.73 Å². The molecule has 0 aliphatic carbocycles. The maximum Gasteiger partial charge on any atom is 0.117 e. The number of aryl methyl sites for hydroxylation is 1. The van der Waals surface area contributed by atoms with E-state index in [-0.39, 0.29) is 5.75 Å². The molecule has 3 rings (SSSR count). The van der Waals surface area contributed by atoms with Crippen LogP contribution in [0.2, 0.25) is 0 Å². The molecule has 0 unspecified atom stereocenters. The number of hydrogen-bond donors (Lipinski definition) is 3. The Hall–Kier alpha value is -2.49. The number of rotatable bonds is 1. The van der Waals surface area contributed by atoms with Crippen LogP contribution in [0.15, 0.2) is 36.5 Å². The molecule has 2 aromatic heterocycles. The molecule has 0 fully saturated rings. The number of nitrogens with zero attached hydrogens (tertiary/aromatic N) is 1. The topological polar surface area (TPSA) is 74.9 Å². The second-order valence-corrected chi connectivity index (χ2v) is 4.33. The number of phenolic OH excluding ortho intramolecular Hbond substituents is 1. The zero-order chi connectivity index (χ0) is 12.7. The number of nitrogen functional groups attached to an aromatic ring is 1. The molecule has 4 nitrogen and oxygen atoms in total. The van der Waals surface area contributed by atoms with Gasteiger partial charge in [-0.25, -0.2) is 0 Å². The van der Waals surface area contributed by atoms with Crippen LogP contribution in [0.25, 0.3) is 22.2 Å². The number of aromatic amines is 1. The van der Waals surface area contributed by atoms with Crippen molar-refractivity contribution in [3.05, 3.63) is 42.2 Å². The largest absolute Gasteiger partial charge is 0.508 e. The Kier molecular flexibility index (Phi) is 2.23. The number of hydrogen-bond acceptors (Lipinski definition) is 3. The predicted octanol–water partition coefficient (Wildman–Crippen LogP) is 2.83. The molecule has 90 valence electrons. The molecule has 0 aliphatic heterocycles. The molecule has 0 radical (unpaired) electrons. The second-order valence-electron chi connectivity index (χ2n) is 4.33. The molecule has 0 atom stereocenters. The summed E-state index contributed by atoms with van der Waals surface area (Å²) < 4.78 is 0. The fraction of sp³-hybridized carbons (Fsp3) is 0.0714. The zero-order valence-corrected chi connectivity index (χ0v) is 9.94. The van der Waals surface area contributed by atoms with Gasteiger partial charge in [-0.15, -0.1) is 0 Å². The zero-order valence-electron chi connectivity index (χ0n) is 9.94. The summed E-state index contributed by atoms with van der Waals surface area (Å²) in [4.78, 5) is 7.60. The molecule has 0 saturated heterocycles. The van der Waals surface area contributed by atoms with E-state index in [0.717, 1.165) is 27.9 Å². The fourth-order valence-electron chi connectivity index (χ4n) is 2.20. The van der Waals surface area contributed by atoms with Crippen molar-refractivity contribution in [1.29, 1.82) is 0 Å². The molecule has 1 aromatic carbocycles. The first-order chi connectivity index (χ1) is 8.65. The van der Waals surface area contributed by atoms with Crippen molar-refractivity contribution in [2.24, 2.45) is 0 Å². The van der Waals surface area contributed by atoms with E-state index < -0.39 is 0 Å². The van der Waals surface area contributed by atoms with E-state index in [1.807, 2.05) is 25.1 Å². The Balaban J connectivity index is 2.28. The van der Waals surface area contributed by atoms with Gasteiger partial charge in [0.25, 0.3) is 0 Å². The Morgan fingerprint density at radius 2 is 2.06 bits per heavy atom. The highest BCUT2D eigenvalue weighted by molar-refractivity contribution is 5.97. The first kappa shape index (κ1) is 10.7. The van der Waals surface area contributed by atoms with E-state index >= 15 is 0 Å². The first-order valence-corrected chi connectivity index (χ1v) is 5.68. The van der Waals surface area contributed by atoms with Gasteiger partial charge in [-0.1, -0.05) is 0 Å². The fourth-order valence-corrected chi connectivity index (χ4v) is 2.20. The lowest BCUT2D eigenvalue weighted by molar-refractivity contribution is 0.476. The van der Waals surface area contributed by atoms with Crippen LogP contribution >= 0.6 is 0 Å². The van der Waals surface area contributed by atoms with Gasteiger partial charge in [-0.05, 0) is 31.2 Å². The summed E-state index contributed by atoms with van der Waals surface area (Å²) in [5.41, 5.74) is 10.1. The third kappa shape index (κ3) is 1.59. The maximum atomic E-state index is 9.49. The summed E-state index contributed by atoms with van der Waals surface area (Å²) in [6.07, 6.45) is 1.65. The number of anilines is 1. The summed E-state index contributed by atoms with van der Waals surface area (Å²) in [5.74, 6) is 0.251. The SMILES string of the molecule is Cc1[nH]c2cc(O)ccc2c1-c1ccc(N)cn1. The summed E-state index contributed by atoms with van der Waals surface area (Å²) in [6.45, 7) is 1.99. The summed E-state index contributed by atoms with van der Waals surface area (Å²) in [5, 5.41) is 10.5. The summed E-state index contributed by atoms with van der Waals surface area (Å²) >= 11 is 0. The molecule has 0 spiro atoms. The first-order valence-electron chi connectivity index (χ1n) is 5.68. The van der Waals surface area contributed by atoms with E-state index in [0.29, 0.717) is 5.69 Å². The van der Waals surface area contributed by atoms with Crippen molar-refractivity contribution < 1.29 is 5.11 Å². The molecule has 4 N–H and O–H groups in total. The number of phenols is 1. The van der Waals surface area contributed by atoms with Crippen molar-refractivity contribution in [3.8, 4) is 17.0 Å². The van der Waals surface area contributed by atoms with Crippen molar-refractivity contribution in [2.75, 3.05) is 5.73 Å². The lowest BCUT2D eigenvalue weighted by Gasteiger charge is -2.01. The lowest BCUT2D eigenvalue weighted by Crippen LogP contribution is -1.88. The van der Waals surface area contributed by atoms with E-state index in [1.165, 1.54) is 0 Å². The number of fused-ring (bicyclic) bond motifs is 1. The highest BCUT2D eigenvalue weighted by atomic mass is 16.3. The van der Waals surface area contributed by atoms with Gasteiger partial charge in [0.1, 0.15) is 5.75 Å². The third-order valence-electron chi connectivity index (χ3n) is 3.01. The van der Waals surface area contributed by atoms with Crippen molar-refractivity contribution >= 4 is 16.6 Å². The summed E-state index contributed by atoms with van der Waals surface area (Å²) in [7, 11) is 0. The molecule has 18 heavy (non-hydrogen) atoms. The minimum absolute atomic E-state index is 0.251. The Bertz CT molecular complexity index is 714. The van der Waals surface area contributed by atoms with Gasteiger partial charge in [0.2, 0.25) is 0 Å². The second kappa shape index (κ2) is 3.77. The Labute approximate surface area is 104 Å². The van der Waals surface area contributed by atoms with E-state index in [1.54, 1.807) is 18.3 Å². The minimum Gasteiger partial charge on any atom is -0.508 e. The number of aromatic hydroxyl groups is 1. The van der Waals surface area contributed by atoms with Crippen LogP contribution in [-0.4, -0.2) is 15.1 Å². The number of aromatic nitrogens is 2. The molecule has 0 aliphatic rings. The number of nitrogens with two attached hydrogens (primary N) is 1. The van der Waals surface area contributed by atoms with E-state index in [9.17, 15) is 5.11 Å². The highest BCUT2D eigenvalue weighted by Gasteiger charge is 2.11. The van der Waals surface area contributed by atoms with Gasteiger partial charge < -0.3 is 15.8 Å². The molecule has 0 amide bonds. The molecule has 0 saturated carbocycles. The number of nitrogens with one attached hydrogen (secondary N) is 1. The molecule has 2 heterocycles. The smallest absolute Gasteiger partial charge is 0.117 e. The van der Waals surface area contributed by atoms with E-state index in [4.69, 9.17) is 5.73 Å². The Morgan fingerprint density at radius 1 is 1.22 bits per heavy atom.